The third-order valence-electron chi connectivity index (χ3n) is 3.41. The summed E-state index contributed by atoms with van der Waals surface area (Å²) in [5.74, 6) is -0.0453. The van der Waals surface area contributed by atoms with Gasteiger partial charge in [0.05, 0.1) is 11.3 Å². The molecule has 2 aromatic heterocycles. The minimum absolute atomic E-state index is 0.0453. The maximum Gasteiger partial charge on any atom is 0.256 e. The summed E-state index contributed by atoms with van der Waals surface area (Å²) < 4.78 is 0. The molecule has 3 heterocycles. The first-order valence-electron chi connectivity index (χ1n) is 6.75. The first kappa shape index (κ1) is 13.1. The van der Waals surface area contributed by atoms with Gasteiger partial charge in [-0.15, -0.1) is 11.3 Å². The van der Waals surface area contributed by atoms with E-state index < -0.39 is 0 Å². The number of aryl methyl sites for hydroxylation is 2. The molecule has 0 radical (unpaired) electrons. The van der Waals surface area contributed by atoms with E-state index in [2.05, 4.69) is 30.2 Å². The molecule has 102 valence electrons. The van der Waals surface area contributed by atoms with Crippen molar-refractivity contribution in [1.29, 1.82) is 0 Å². The molecule has 20 heavy (non-hydrogen) atoms. The fraction of sp³-hybridized carbons (Fsp3) is 0.250. The van der Waals surface area contributed by atoms with Crippen molar-refractivity contribution in [1.82, 2.24) is 4.98 Å². The number of thiophene rings is 1. The molecule has 3 rings (SSSR count). The largest absolute Gasteiger partial charge is 0.321 e. The molecule has 1 N–H and O–H groups in total. The number of hydrogen-bond donors (Lipinski definition) is 1. The van der Waals surface area contributed by atoms with E-state index >= 15 is 0 Å². The van der Waals surface area contributed by atoms with Crippen LogP contribution in [-0.4, -0.2) is 10.9 Å². The molecule has 0 spiro atoms. The standard InChI is InChI=1S/C16H16N2OS/c1-3-4-15-10(2)7-11(20-15)8-12-13-9-17-6-5-14(13)18-16(12)19/h5-9H,3-4H2,1-2H3,(H,18,19). The highest BCUT2D eigenvalue weighted by Crippen LogP contribution is 2.34. The second-order valence-electron chi connectivity index (χ2n) is 4.94. The van der Waals surface area contributed by atoms with E-state index in [0.29, 0.717) is 5.57 Å². The highest BCUT2D eigenvalue weighted by atomic mass is 32.1. The van der Waals surface area contributed by atoms with Crippen LogP contribution in [0.1, 0.15) is 34.2 Å². The summed E-state index contributed by atoms with van der Waals surface area (Å²) in [6, 6.07) is 3.99. The van der Waals surface area contributed by atoms with Crippen molar-refractivity contribution in [3.8, 4) is 0 Å². The molecule has 2 aromatic rings. The lowest BCUT2D eigenvalue weighted by Crippen LogP contribution is -2.03. The Morgan fingerprint density at radius 2 is 2.30 bits per heavy atom. The summed E-state index contributed by atoms with van der Waals surface area (Å²) in [4.78, 5) is 18.7. The SMILES string of the molecule is CCCc1sc(C=C2C(=O)Nc3ccncc32)cc1C. The van der Waals surface area contributed by atoms with E-state index in [-0.39, 0.29) is 5.91 Å². The Bertz CT molecular complexity index is 700. The van der Waals surface area contributed by atoms with Gasteiger partial charge in [-0.3, -0.25) is 9.78 Å². The minimum atomic E-state index is -0.0453. The van der Waals surface area contributed by atoms with Gasteiger partial charge in [0.25, 0.3) is 5.91 Å². The number of carbonyl (C=O) groups excluding carboxylic acids is 1. The number of carbonyl (C=O) groups is 1. The smallest absolute Gasteiger partial charge is 0.256 e. The third-order valence-corrected chi connectivity index (χ3v) is 4.65. The topological polar surface area (TPSA) is 42.0 Å². The van der Waals surface area contributed by atoms with Crippen LogP contribution in [0, 0.1) is 6.92 Å². The summed E-state index contributed by atoms with van der Waals surface area (Å²) in [5.41, 5.74) is 3.75. The highest BCUT2D eigenvalue weighted by molar-refractivity contribution is 7.13. The lowest BCUT2D eigenvalue weighted by atomic mass is 10.1. The Hall–Kier alpha value is -1.94. The molecule has 1 amide bonds. The number of rotatable bonds is 3. The number of nitrogens with zero attached hydrogens (tertiary/aromatic N) is 1. The minimum Gasteiger partial charge on any atom is -0.321 e. The quantitative estimate of drug-likeness (QED) is 0.869. The molecule has 0 unspecified atom stereocenters. The Labute approximate surface area is 122 Å². The monoisotopic (exact) mass is 284 g/mol. The summed E-state index contributed by atoms with van der Waals surface area (Å²) in [6.45, 7) is 4.32. The zero-order valence-electron chi connectivity index (χ0n) is 11.6. The molecule has 0 aliphatic carbocycles. The van der Waals surface area contributed by atoms with E-state index in [1.54, 1.807) is 23.7 Å². The summed E-state index contributed by atoms with van der Waals surface area (Å²) in [7, 11) is 0. The van der Waals surface area contributed by atoms with Crippen molar-refractivity contribution in [3.63, 3.8) is 0 Å². The van der Waals surface area contributed by atoms with Gasteiger partial charge in [0, 0.05) is 27.7 Å². The Kier molecular flexibility index (Phi) is 3.40. The van der Waals surface area contributed by atoms with Crippen molar-refractivity contribution < 1.29 is 4.79 Å². The Morgan fingerprint density at radius 1 is 1.45 bits per heavy atom. The first-order valence-corrected chi connectivity index (χ1v) is 7.57. The van der Waals surface area contributed by atoms with Crippen molar-refractivity contribution >= 4 is 34.6 Å². The van der Waals surface area contributed by atoms with Crippen LogP contribution in [0.3, 0.4) is 0 Å². The van der Waals surface area contributed by atoms with Crippen LogP contribution in [-0.2, 0) is 11.2 Å². The van der Waals surface area contributed by atoms with Gasteiger partial charge >= 0.3 is 0 Å². The highest BCUT2D eigenvalue weighted by Gasteiger charge is 2.24. The predicted molar refractivity (Wildman–Crippen MR) is 83.8 cm³/mol. The predicted octanol–water partition coefficient (Wildman–Crippen LogP) is 3.90. The molecule has 1 aliphatic heterocycles. The van der Waals surface area contributed by atoms with Crippen LogP contribution in [0.5, 0.6) is 0 Å². The summed E-state index contributed by atoms with van der Waals surface area (Å²) in [5, 5.41) is 2.87. The molecule has 0 fully saturated rings. The second-order valence-corrected chi connectivity index (χ2v) is 6.11. The van der Waals surface area contributed by atoms with E-state index in [1.807, 2.05) is 12.1 Å². The Balaban J connectivity index is 2.00. The van der Waals surface area contributed by atoms with Gasteiger partial charge in [-0.2, -0.15) is 0 Å². The van der Waals surface area contributed by atoms with Gasteiger partial charge in [0.1, 0.15) is 0 Å². The number of fused-ring (bicyclic) bond motifs is 1. The molecule has 0 bridgehead atoms. The van der Waals surface area contributed by atoms with Crippen LogP contribution in [0.25, 0.3) is 11.6 Å². The molecule has 0 aromatic carbocycles. The Morgan fingerprint density at radius 3 is 3.10 bits per heavy atom. The molecular weight excluding hydrogens is 268 g/mol. The van der Waals surface area contributed by atoms with Crippen molar-refractivity contribution in [2.24, 2.45) is 0 Å². The summed E-state index contributed by atoms with van der Waals surface area (Å²) >= 11 is 1.77. The fourth-order valence-corrected chi connectivity index (χ4v) is 3.63. The third kappa shape index (κ3) is 2.27. The van der Waals surface area contributed by atoms with Crippen LogP contribution in [0.15, 0.2) is 24.5 Å². The molecule has 4 heteroatoms. The zero-order chi connectivity index (χ0) is 14.1. The molecule has 1 aliphatic rings. The zero-order valence-corrected chi connectivity index (χ0v) is 12.4. The van der Waals surface area contributed by atoms with Gasteiger partial charge in [-0.1, -0.05) is 13.3 Å². The van der Waals surface area contributed by atoms with E-state index in [0.717, 1.165) is 29.0 Å². The lowest BCUT2D eigenvalue weighted by Gasteiger charge is -1.95. The number of nitrogens with one attached hydrogen (secondary N) is 1. The number of aromatic nitrogens is 1. The molecular formula is C16H16N2OS. The van der Waals surface area contributed by atoms with Crippen LogP contribution in [0.4, 0.5) is 5.69 Å². The first-order chi connectivity index (χ1) is 9.69. The maximum atomic E-state index is 12.1. The molecule has 0 saturated heterocycles. The van der Waals surface area contributed by atoms with E-state index in [4.69, 9.17) is 0 Å². The molecule has 0 atom stereocenters. The van der Waals surface area contributed by atoms with Gasteiger partial charge in [0.2, 0.25) is 0 Å². The van der Waals surface area contributed by atoms with Crippen LogP contribution < -0.4 is 5.32 Å². The normalized spacial score (nSPS) is 15.5. The maximum absolute atomic E-state index is 12.1. The molecule has 0 saturated carbocycles. The van der Waals surface area contributed by atoms with E-state index in [9.17, 15) is 4.79 Å². The number of anilines is 1. The number of hydrogen-bond acceptors (Lipinski definition) is 3. The van der Waals surface area contributed by atoms with Gasteiger partial charge in [-0.25, -0.2) is 0 Å². The second kappa shape index (κ2) is 5.21. The fourth-order valence-electron chi connectivity index (χ4n) is 2.41. The van der Waals surface area contributed by atoms with Crippen LogP contribution >= 0.6 is 11.3 Å². The van der Waals surface area contributed by atoms with E-state index in [1.165, 1.54) is 10.4 Å². The van der Waals surface area contributed by atoms with Gasteiger partial charge < -0.3 is 5.32 Å². The average molecular weight is 284 g/mol. The van der Waals surface area contributed by atoms with Crippen LogP contribution in [0.2, 0.25) is 0 Å². The lowest BCUT2D eigenvalue weighted by molar-refractivity contribution is -0.110. The van der Waals surface area contributed by atoms with Crippen molar-refractivity contribution in [2.45, 2.75) is 26.7 Å². The van der Waals surface area contributed by atoms with Crippen molar-refractivity contribution in [2.75, 3.05) is 5.32 Å². The van der Waals surface area contributed by atoms with Crippen molar-refractivity contribution in [3.05, 3.63) is 45.4 Å². The average Bonchev–Trinajstić information content (AvgIpc) is 2.92. The van der Waals surface area contributed by atoms with Gasteiger partial charge in [-0.05, 0) is 37.1 Å². The summed E-state index contributed by atoms with van der Waals surface area (Å²) in [6.07, 6.45) is 7.65. The molecule has 3 nitrogen and oxygen atoms in total. The number of amides is 1. The number of pyridine rings is 1. The van der Waals surface area contributed by atoms with Gasteiger partial charge in [0.15, 0.2) is 0 Å².